The number of imide groups is 2. The standard InChI is InChI=1S/C45H56F2N10O6/c1-49-45(62)55-19-15-34(33(26-55)41(48)56-20-12-27-22-31(28-24-50-53(2)25-28)32(40(46)47)23-36(27)56)51-29-13-17-54(18-14-29)16-5-3-4-6-21-63-37-9-7-8-30-39(37)44(61)57(43(30)60)35-10-11-38(58)52-42(35)59/h7-9,22-25,29,35,40-41,51H,3-6,10-21,26,48H2,1-2H3,(H,49,62)(H,52,58,59). The van der Waals surface area contributed by atoms with Gasteiger partial charge >= 0.3 is 6.03 Å². The Labute approximate surface area is 365 Å². The number of amides is 6. The first-order chi connectivity index (χ1) is 30.4. The summed E-state index contributed by atoms with van der Waals surface area (Å²) in [5.74, 6) is -1.88. The van der Waals surface area contributed by atoms with Crippen molar-refractivity contribution in [2.24, 2.45) is 12.8 Å². The molecule has 0 radical (unpaired) electrons. The molecule has 2 fully saturated rings. The summed E-state index contributed by atoms with van der Waals surface area (Å²) in [6, 6.07) is 7.33. The molecule has 6 amide bonds. The molecule has 0 aliphatic carbocycles. The monoisotopic (exact) mass is 870 g/mol. The fourth-order valence-corrected chi connectivity index (χ4v) is 9.63. The summed E-state index contributed by atoms with van der Waals surface area (Å²) in [5, 5.41) is 13.0. The summed E-state index contributed by atoms with van der Waals surface area (Å²) in [6.45, 7) is 4.68. The lowest BCUT2D eigenvalue weighted by Gasteiger charge is -2.39. The Kier molecular flexibility index (Phi) is 13.1. The van der Waals surface area contributed by atoms with E-state index in [2.05, 4.69) is 25.9 Å². The summed E-state index contributed by atoms with van der Waals surface area (Å²) in [4.78, 5) is 70.5. The van der Waals surface area contributed by atoms with Crippen molar-refractivity contribution in [1.82, 2.24) is 40.4 Å². The molecule has 2 saturated heterocycles. The van der Waals surface area contributed by atoms with Gasteiger partial charge in [-0.1, -0.05) is 18.9 Å². The number of nitrogens with one attached hydrogen (secondary N) is 3. The number of carbonyl (C=O) groups excluding carboxylic acids is 5. The number of aromatic nitrogens is 2. The van der Waals surface area contributed by atoms with E-state index in [0.29, 0.717) is 61.6 Å². The average Bonchev–Trinajstić information content (AvgIpc) is 3.98. The summed E-state index contributed by atoms with van der Waals surface area (Å²) in [6.07, 6.45) is 7.12. The van der Waals surface area contributed by atoms with Crippen molar-refractivity contribution in [2.45, 2.75) is 88.9 Å². The number of halogens is 2. The first-order valence-corrected chi connectivity index (χ1v) is 22.0. The molecule has 18 heteroatoms. The second-order valence-corrected chi connectivity index (χ2v) is 17.0. The molecule has 1 aromatic heterocycles. The Bertz CT molecular complexity index is 2290. The van der Waals surface area contributed by atoms with Gasteiger partial charge in [-0.3, -0.25) is 34.1 Å². The van der Waals surface area contributed by atoms with Gasteiger partial charge in [0.05, 0.1) is 23.9 Å². The van der Waals surface area contributed by atoms with Gasteiger partial charge in [-0.15, -0.1) is 0 Å². The Morgan fingerprint density at radius 3 is 2.49 bits per heavy atom. The number of piperidine rings is 2. The van der Waals surface area contributed by atoms with Crippen LogP contribution in [0.1, 0.15) is 96.1 Å². The van der Waals surface area contributed by atoms with Crippen molar-refractivity contribution in [3.05, 3.63) is 76.2 Å². The number of hydrogen-bond acceptors (Lipinski definition) is 11. The minimum atomic E-state index is -2.68. The van der Waals surface area contributed by atoms with Crippen LogP contribution in [-0.4, -0.2) is 125 Å². The first kappa shape index (κ1) is 43.8. The second kappa shape index (κ2) is 18.8. The third-order valence-corrected chi connectivity index (χ3v) is 13.0. The first-order valence-electron chi connectivity index (χ1n) is 22.0. The number of fused-ring (bicyclic) bond motifs is 2. The molecule has 16 nitrogen and oxygen atoms in total. The van der Waals surface area contributed by atoms with E-state index in [1.165, 1.54) is 0 Å². The van der Waals surface area contributed by atoms with E-state index in [1.807, 2.05) is 11.0 Å². The Morgan fingerprint density at radius 1 is 0.968 bits per heavy atom. The molecule has 2 aromatic carbocycles. The lowest BCUT2D eigenvalue weighted by Crippen LogP contribution is -2.54. The van der Waals surface area contributed by atoms with Gasteiger partial charge in [0.25, 0.3) is 18.2 Å². The van der Waals surface area contributed by atoms with Crippen molar-refractivity contribution in [3.63, 3.8) is 0 Å². The largest absolute Gasteiger partial charge is 0.493 e. The minimum Gasteiger partial charge on any atom is -0.493 e. The third-order valence-electron chi connectivity index (χ3n) is 13.0. The van der Waals surface area contributed by atoms with Gasteiger partial charge in [-0.25, -0.2) is 13.6 Å². The predicted molar refractivity (Wildman–Crippen MR) is 230 cm³/mol. The number of alkyl halides is 2. The highest BCUT2D eigenvalue weighted by molar-refractivity contribution is 6.24. The van der Waals surface area contributed by atoms with Gasteiger partial charge in [-0.05, 0) is 80.5 Å². The van der Waals surface area contributed by atoms with Crippen LogP contribution in [0.3, 0.4) is 0 Å². The lowest BCUT2D eigenvalue weighted by molar-refractivity contribution is -0.136. The Morgan fingerprint density at radius 2 is 1.76 bits per heavy atom. The predicted octanol–water partition coefficient (Wildman–Crippen LogP) is 4.07. The molecular formula is C45H56F2N10O6. The summed E-state index contributed by atoms with van der Waals surface area (Å²) in [5.41, 5.74) is 12.1. The van der Waals surface area contributed by atoms with E-state index in [1.54, 1.807) is 60.3 Å². The molecule has 2 atom stereocenters. The quantitative estimate of drug-likeness (QED) is 0.128. The number of rotatable bonds is 15. The smallest absolute Gasteiger partial charge is 0.317 e. The number of nitrogens with two attached hydrogens (primary N) is 1. The molecule has 5 aliphatic rings. The van der Waals surface area contributed by atoms with E-state index in [9.17, 15) is 32.8 Å². The van der Waals surface area contributed by atoms with Gasteiger partial charge in [0.2, 0.25) is 11.8 Å². The Balaban J connectivity index is 0.817. The maximum absolute atomic E-state index is 14.5. The van der Waals surface area contributed by atoms with Gasteiger partial charge in [0, 0.05) is 100.0 Å². The SMILES string of the molecule is CNC(=O)N1CCC(NC2CCN(CCCCCCOc3cccc4c3C(=O)N(C3CCC(=O)NC3=O)C4=O)CC2)=C(C(N)N2CCc3cc(-c4cnn(C)c4)c(C(F)F)cc32)C1. The highest BCUT2D eigenvalue weighted by Gasteiger charge is 2.46. The molecule has 6 heterocycles. The van der Waals surface area contributed by atoms with Crippen LogP contribution < -0.4 is 31.3 Å². The normalized spacial score (nSPS) is 20.1. The molecule has 8 rings (SSSR count). The zero-order chi connectivity index (χ0) is 44.4. The van der Waals surface area contributed by atoms with Crippen LogP contribution >= 0.6 is 0 Å². The summed E-state index contributed by atoms with van der Waals surface area (Å²) in [7, 11) is 3.37. The van der Waals surface area contributed by atoms with Gasteiger partial charge in [0.1, 0.15) is 18.0 Å². The number of likely N-dealkylation sites (tertiary alicyclic amines) is 1. The maximum atomic E-state index is 14.5. The highest BCUT2D eigenvalue weighted by atomic mass is 19.3. The van der Waals surface area contributed by atoms with E-state index in [4.69, 9.17) is 10.5 Å². The zero-order valence-corrected chi connectivity index (χ0v) is 35.8. The highest BCUT2D eigenvalue weighted by Crippen LogP contribution is 2.41. The molecule has 0 saturated carbocycles. The molecule has 2 unspecified atom stereocenters. The number of ether oxygens (including phenoxy) is 1. The van der Waals surface area contributed by atoms with Crippen LogP contribution in [-0.2, 0) is 23.1 Å². The number of aryl methyl sites for hydroxylation is 1. The molecule has 336 valence electrons. The number of carbonyl (C=O) groups is 5. The second-order valence-electron chi connectivity index (χ2n) is 17.0. The zero-order valence-electron chi connectivity index (χ0n) is 35.8. The third kappa shape index (κ3) is 9.14. The molecule has 0 spiro atoms. The van der Waals surface area contributed by atoms with Crippen molar-refractivity contribution in [2.75, 3.05) is 57.8 Å². The number of anilines is 1. The van der Waals surface area contributed by atoms with E-state index < -0.39 is 42.3 Å². The number of unbranched alkanes of at least 4 members (excludes halogenated alkanes) is 3. The molecule has 3 aromatic rings. The summed E-state index contributed by atoms with van der Waals surface area (Å²) < 4.78 is 36.6. The molecule has 63 heavy (non-hydrogen) atoms. The minimum absolute atomic E-state index is 0.0583. The fraction of sp³-hybridized carbons (Fsp3) is 0.511. The van der Waals surface area contributed by atoms with E-state index in [-0.39, 0.29) is 41.6 Å². The molecule has 5 aliphatic heterocycles. The van der Waals surface area contributed by atoms with Gasteiger partial charge < -0.3 is 35.8 Å². The van der Waals surface area contributed by atoms with Crippen LogP contribution in [0.2, 0.25) is 0 Å². The lowest BCUT2D eigenvalue weighted by atomic mass is 9.97. The average molecular weight is 871 g/mol. The summed E-state index contributed by atoms with van der Waals surface area (Å²) >= 11 is 0. The van der Waals surface area contributed by atoms with Crippen molar-refractivity contribution >= 4 is 35.3 Å². The van der Waals surface area contributed by atoms with Crippen LogP contribution in [0.15, 0.2) is 54.0 Å². The Hall–Kier alpha value is -5.88. The number of urea groups is 1. The van der Waals surface area contributed by atoms with Crippen LogP contribution in [0.5, 0.6) is 5.75 Å². The molecular weight excluding hydrogens is 815 g/mol. The topological polar surface area (TPSA) is 187 Å². The van der Waals surface area contributed by atoms with Crippen molar-refractivity contribution in [1.29, 1.82) is 0 Å². The maximum Gasteiger partial charge on any atom is 0.317 e. The number of benzene rings is 2. The number of hydrogen-bond donors (Lipinski definition) is 4. The van der Waals surface area contributed by atoms with Crippen molar-refractivity contribution < 1.29 is 37.5 Å². The van der Waals surface area contributed by atoms with Crippen LogP contribution in [0, 0.1) is 0 Å². The van der Waals surface area contributed by atoms with Gasteiger partial charge in [-0.2, -0.15) is 5.10 Å². The van der Waals surface area contributed by atoms with Crippen molar-refractivity contribution in [3.8, 4) is 16.9 Å². The molecule has 0 bridgehead atoms. The molecule has 5 N–H and O–H groups in total. The van der Waals surface area contributed by atoms with E-state index >= 15 is 0 Å². The fourth-order valence-electron chi connectivity index (χ4n) is 9.63. The number of nitrogens with zero attached hydrogens (tertiary/aromatic N) is 6. The van der Waals surface area contributed by atoms with Crippen LogP contribution in [0.25, 0.3) is 11.1 Å². The van der Waals surface area contributed by atoms with Gasteiger partial charge in [0.15, 0.2) is 0 Å². The van der Waals surface area contributed by atoms with Crippen LogP contribution in [0.4, 0.5) is 19.3 Å². The van der Waals surface area contributed by atoms with E-state index in [0.717, 1.165) is 79.9 Å².